The maximum Gasteiger partial charge on any atom is 0.141 e. The van der Waals surface area contributed by atoms with Crippen molar-refractivity contribution in [2.45, 2.75) is 13.1 Å². The van der Waals surface area contributed by atoms with E-state index < -0.39 is 0 Å². The highest BCUT2D eigenvalue weighted by atomic mass is 15.4. The zero-order valence-electron chi connectivity index (χ0n) is 10.1. The molecule has 0 unspecified atom stereocenters. The maximum absolute atomic E-state index is 5.62. The van der Waals surface area contributed by atoms with Gasteiger partial charge in [0, 0.05) is 12.4 Å². The Morgan fingerprint density at radius 2 is 2.11 bits per heavy atom. The fourth-order valence-electron chi connectivity index (χ4n) is 2.13. The van der Waals surface area contributed by atoms with E-state index in [2.05, 4.69) is 27.3 Å². The van der Waals surface area contributed by atoms with Crippen LogP contribution in [0, 0.1) is 0 Å². The van der Waals surface area contributed by atoms with Gasteiger partial charge < -0.3 is 5.73 Å². The SMILES string of the molecule is Cn1nc(Cn2ncnc2CN)c2ccccc21. The Balaban J connectivity index is 2.05. The molecule has 1 aromatic carbocycles. The molecule has 0 saturated carbocycles. The predicted octanol–water partition coefficient (Wildman–Crippen LogP) is 0.672. The summed E-state index contributed by atoms with van der Waals surface area (Å²) in [5, 5.41) is 9.84. The van der Waals surface area contributed by atoms with Crippen molar-refractivity contribution >= 4 is 10.9 Å². The van der Waals surface area contributed by atoms with Gasteiger partial charge in [0.2, 0.25) is 0 Å². The van der Waals surface area contributed by atoms with Gasteiger partial charge in [-0.2, -0.15) is 10.2 Å². The number of aromatic nitrogens is 5. The minimum atomic E-state index is 0.380. The molecule has 0 fully saturated rings. The molecule has 18 heavy (non-hydrogen) atoms. The van der Waals surface area contributed by atoms with E-state index in [1.807, 2.05) is 23.9 Å². The van der Waals surface area contributed by atoms with E-state index in [0.29, 0.717) is 13.1 Å². The van der Waals surface area contributed by atoms with Crippen LogP contribution in [-0.2, 0) is 20.1 Å². The normalized spacial score (nSPS) is 11.2. The lowest BCUT2D eigenvalue weighted by atomic mass is 10.2. The van der Waals surface area contributed by atoms with E-state index in [-0.39, 0.29) is 0 Å². The van der Waals surface area contributed by atoms with E-state index in [1.54, 1.807) is 4.68 Å². The molecular formula is C12H14N6. The fraction of sp³-hybridized carbons (Fsp3) is 0.250. The van der Waals surface area contributed by atoms with E-state index in [9.17, 15) is 0 Å². The standard InChI is InChI=1S/C12H14N6/c1-17-11-5-3-2-4-9(11)10(16-17)7-18-12(6-13)14-8-15-18/h2-5,8H,6-7,13H2,1H3. The monoisotopic (exact) mass is 242 g/mol. The lowest BCUT2D eigenvalue weighted by molar-refractivity contribution is 0.619. The van der Waals surface area contributed by atoms with Crippen LogP contribution in [0.2, 0.25) is 0 Å². The fourth-order valence-corrected chi connectivity index (χ4v) is 2.13. The van der Waals surface area contributed by atoms with Crippen LogP contribution in [0.15, 0.2) is 30.6 Å². The molecule has 0 aliphatic heterocycles. The van der Waals surface area contributed by atoms with Crippen LogP contribution in [0.25, 0.3) is 10.9 Å². The van der Waals surface area contributed by atoms with Crippen molar-refractivity contribution in [2.75, 3.05) is 0 Å². The van der Waals surface area contributed by atoms with Gasteiger partial charge in [0.15, 0.2) is 0 Å². The molecule has 0 radical (unpaired) electrons. The first-order valence-corrected chi connectivity index (χ1v) is 5.77. The Morgan fingerprint density at radius 3 is 2.94 bits per heavy atom. The molecule has 6 nitrogen and oxygen atoms in total. The molecule has 2 N–H and O–H groups in total. The number of hydrogen-bond donors (Lipinski definition) is 1. The zero-order chi connectivity index (χ0) is 12.5. The van der Waals surface area contributed by atoms with Gasteiger partial charge in [-0.1, -0.05) is 18.2 Å². The molecular weight excluding hydrogens is 228 g/mol. The van der Waals surface area contributed by atoms with Crippen LogP contribution >= 0.6 is 0 Å². The topological polar surface area (TPSA) is 74.5 Å². The van der Waals surface area contributed by atoms with Crippen LogP contribution < -0.4 is 5.73 Å². The van der Waals surface area contributed by atoms with Gasteiger partial charge in [-0.25, -0.2) is 9.67 Å². The largest absolute Gasteiger partial charge is 0.324 e. The van der Waals surface area contributed by atoms with E-state index in [1.165, 1.54) is 6.33 Å². The van der Waals surface area contributed by atoms with Gasteiger partial charge in [-0.05, 0) is 6.07 Å². The van der Waals surface area contributed by atoms with E-state index in [4.69, 9.17) is 5.73 Å². The molecule has 0 saturated heterocycles. The second-order valence-corrected chi connectivity index (χ2v) is 4.13. The first-order valence-electron chi connectivity index (χ1n) is 5.77. The summed E-state index contributed by atoms with van der Waals surface area (Å²) in [6, 6.07) is 8.14. The number of aryl methyl sites for hydroxylation is 1. The van der Waals surface area contributed by atoms with Crippen molar-refractivity contribution in [3.63, 3.8) is 0 Å². The third-order valence-corrected chi connectivity index (χ3v) is 3.01. The molecule has 6 heteroatoms. The number of nitrogens with zero attached hydrogens (tertiary/aromatic N) is 5. The third kappa shape index (κ3) is 1.67. The predicted molar refractivity (Wildman–Crippen MR) is 67.7 cm³/mol. The highest BCUT2D eigenvalue weighted by Gasteiger charge is 2.10. The molecule has 0 aliphatic carbocycles. The van der Waals surface area contributed by atoms with Gasteiger partial charge >= 0.3 is 0 Å². The highest BCUT2D eigenvalue weighted by Crippen LogP contribution is 2.18. The van der Waals surface area contributed by atoms with Gasteiger partial charge in [-0.15, -0.1) is 0 Å². The molecule has 3 rings (SSSR count). The Hall–Kier alpha value is -2.21. The average molecular weight is 242 g/mol. The van der Waals surface area contributed by atoms with Crippen molar-refractivity contribution in [3.8, 4) is 0 Å². The second-order valence-electron chi connectivity index (χ2n) is 4.13. The number of para-hydroxylation sites is 1. The van der Waals surface area contributed by atoms with Gasteiger partial charge in [0.1, 0.15) is 12.2 Å². The lowest BCUT2D eigenvalue weighted by Crippen LogP contribution is -2.11. The molecule has 3 aromatic rings. The van der Waals surface area contributed by atoms with Crippen molar-refractivity contribution in [2.24, 2.45) is 12.8 Å². The molecule has 0 aliphatic rings. The van der Waals surface area contributed by atoms with Crippen LogP contribution in [0.4, 0.5) is 0 Å². The summed E-state index contributed by atoms with van der Waals surface area (Å²) in [6.07, 6.45) is 1.52. The first kappa shape index (κ1) is 10.9. The second kappa shape index (κ2) is 4.23. The third-order valence-electron chi connectivity index (χ3n) is 3.01. The Labute approximate surface area is 104 Å². The lowest BCUT2D eigenvalue weighted by Gasteiger charge is -2.01. The highest BCUT2D eigenvalue weighted by molar-refractivity contribution is 5.81. The van der Waals surface area contributed by atoms with Crippen molar-refractivity contribution in [1.82, 2.24) is 24.5 Å². The minimum absolute atomic E-state index is 0.380. The molecule has 0 bridgehead atoms. The summed E-state index contributed by atoms with van der Waals surface area (Å²) >= 11 is 0. The summed E-state index contributed by atoms with van der Waals surface area (Å²) in [5.41, 5.74) is 7.71. The van der Waals surface area contributed by atoms with Crippen LogP contribution in [-0.4, -0.2) is 24.5 Å². The Bertz CT molecular complexity index is 681. The van der Waals surface area contributed by atoms with E-state index >= 15 is 0 Å². The maximum atomic E-state index is 5.62. The van der Waals surface area contributed by atoms with Crippen molar-refractivity contribution < 1.29 is 0 Å². The van der Waals surface area contributed by atoms with Gasteiger partial charge in [0.05, 0.1) is 24.3 Å². The number of fused-ring (bicyclic) bond motifs is 1. The van der Waals surface area contributed by atoms with Gasteiger partial charge in [0.25, 0.3) is 0 Å². The average Bonchev–Trinajstić information content (AvgIpc) is 2.96. The van der Waals surface area contributed by atoms with Gasteiger partial charge in [-0.3, -0.25) is 4.68 Å². The van der Waals surface area contributed by atoms with Crippen LogP contribution in [0.1, 0.15) is 11.5 Å². The number of rotatable bonds is 3. The quantitative estimate of drug-likeness (QED) is 0.732. The molecule has 0 amide bonds. The number of nitrogens with two attached hydrogens (primary N) is 1. The molecule has 92 valence electrons. The first-order chi connectivity index (χ1) is 8.79. The van der Waals surface area contributed by atoms with Crippen LogP contribution in [0.5, 0.6) is 0 Å². The van der Waals surface area contributed by atoms with Crippen molar-refractivity contribution in [1.29, 1.82) is 0 Å². The van der Waals surface area contributed by atoms with Crippen LogP contribution in [0.3, 0.4) is 0 Å². The number of benzene rings is 1. The Morgan fingerprint density at radius 1 is 1.28 bits per heavy atom. The molecule has 2 aromatic heterocycles. The molecule has 2 heterocycles. The molecule has 0 spiro atoms. The summed E-state index contributed by atoms with van der Waals surface area (Å²) in [4.78, 5) is 4.11. The summed E-state index contributed by atoms with van der Waals surface area (Å²) in [5.74, 6) is 0.768. The number of hydrogen-bond acceptors (Lipinski definition) is 4. The Kier molecular flexibility index (Phi) is 2.56. The van der Waals surface area contributed by atoms with Crippen molar-refractivity contribution in [3.05, 3.63) is 42.1 Å². The summed E-state index contributed by atoms with van der Waals surface area (Å²) in [6.45, 7) is 0.971. The minimum Gasteiger partial charge on any atom is -0.324 e. The summed E-state index contributed by atoms with van der Waals surface area (Å²) in [7, 11) is 1.94. The van der Waals surface area contributed by atoms with E-state index in [0.717, 1.165) is 22.4 Å². The zero-order valence-corrected chi connectivity index (χ0v) is 10.1. The molecule has 0 atom stereocenters. The smallest absolute Gasteiger partial charge is 0.141 e. The summed E-state index contributed by atoms with van der Waals surface area (Å²) < 4.78 is 3.67.